The Morgan fingerprint density at radius 3 is 2.63 bits per heavy atom. The van der Waals surface area contributed by atoms with Gasteiger partial charge in [0.15, 0.2) is 0 Å². The molecule has 1 N–H and O–H groups in total. The highest BCUT2D eigenvalue weighted by molar-refractivity contribution is 6.30. The van der Waals surface area contributed by atoms with Crippen molar-refractivity contribution in [2.24, 2.45) is 0 Å². The number of hydrogen-bond acceptors (Lipinski definition) is 1. The molecule has 1 heterocycles. The summed E-state index contributed by atoms with van der Waals surface area (Å²) in [5.74, 6) is 0. The SMILES string of the molecule is Cc1cccc2c1[nH]c(=O)n2Cc1ccc(Cl)cc1. The summed E-state index contributed by atoms with van der Waals surface area (Å²) in [5.41, 5.74) is 3.87. The van der Waals surface area contributed by atoms with Gasteiger partial charge in [0, 0.05) is 5.02 Å². The molecule has 0 spiro atoms. The van der Waals surface area contributed by atoms with Crippen molar-refractivity contribution in [1.82, 2.24) is 9.55 Å². The van der Waals surface area contributed by atoms with Gasteiger partial charge in [0.2, 0.25) is 0 Å². The number of imidazole rings is 1. The molecular weight excluding hydrogens is 260 g/mol. The number of nitrogens with one attached hydrogen (secondary N) is 1. The molecule has 4 heteroatoms. The van der Waals surface area contributed by atoms with Gasteiger partial charge in [-0.1, -0.05) is 35.9 Å². The van der Waals surface area contributed by atoms with Crippen LogP contribution in [0.3, 0.4) is 0 Å². The van der Waals surface area contributed by atoms with Crippen LogP contribution in [0, 0.1) is 6.92 Å². The van der Waals surface area contributed by atoms with E-state index in [0.29, 0.717) is 11.6 Å². The minimum atomic E-state index is -0.0840. The van der Waals surface area contributed by atoms with E-state index in [1.165, 1.54) is 0 Å². The van der Waals surface area contributed by atoms with E-state index in [4.69, 9.17) is 11.6 Å². The Morgan fingerprint density at radius 2 is 1.89 bits per heavy atom. The molecule has 1 aromatic heterocycles. The molecule has 0 saturated carbocycles. The lowest BCUT2D eigenvalue weighted by Crippen LogP contribution is -2.17. The standard InChI is InChI=1S/C15H13ClN2O/c1-10-3-2-4-13-14(10)17-15(19)18(13)9-11-5-7-12(16)8-6-11/h2-8H,9H2,1H3,(H,17,19). The van der Waals surface area contributed by atoms with Gasteiger partial charge in [-0.3, -0.25) is 4.57 Å². The Balaban J connectivity index is 2.10. The maximum absolute atomic E-state index is 12.0. The summed E-state index contributed by atoms with van der Waals surface area (Å²) in [7, 11) is 0. The van der Waals surface area contributed by atoms with E-state index in [1.807, 2.05) is 49.4 Å². The molecule has 3 nitrogen and oxygen atoms in total. The molecule has 0 fully saturated rings. The highest BCUT2D eigenvalue weighted by Gasteiger charge is 2.08. The summed E-state index contributed by atoms with van der Waals surface area (Å²) >= 11 is 5.87. The smallest absolute Gasteiger partial charge is 0.305 e. The summed E-state index contributed by atoms with van der Waals surface area (Å²) in [6.45, 7) is 2.53. The van der Waals surface area contributed by atoms with Crippen molar-refractivity contribution < 1.29 is 0 Å². The Labute approximate surface area is 115 Å². The summed E-state index contributed by atoms with van der Waals surface area (Å²) in [5, 5.41) is 0.700. The minimum Gasteiger partial charge on any atom is -0.305 e. The molecule has 0 unspecified atom stereocenters. The van der Waals surface area contributed by atoms with Gasteiger partial charge in [0.1, 0.15) is 0 Å². The van der Waals surface area contributed by atoms with Crippen LogP contribution in [-0.2, 0) is 6.54 Å². The fourth-order valence-corrected chi connectivity index (χ4v) is 2.38. The van der Waals surface area contributed by atoms with E-state index < -0.39 is 0 Å². The van der Waals surface area contributed by atoms with Crippen LogP contribution in [0.15, 0.2) is 47.3 Å². The molecule has 96 valence electrons. The number of benzene rings is 2. The van der Waals surface area contributed by atoms with Crippen LogP contribution in [0.1, 0.15) is 11.1 Å². The van der Waals surface area contributed by atoms with Crippen molar-refractivity contribution in [3.63, 3.8) is 0 Å². The maximum atomic E-state index is 12.0. The molecular formula is C15H13ClN2O. The van der Waals surface area contributed by atoms with E-state index in [2.05, 4.69) is 4.98 Å². The van der Waals surface area contributed by atoms with Crippen molar-refractivity contribution in [1.29, 1.82) is 0 Å². The Bertz CT molecular complexity index is 784. The second-order valence-corrected chi connectivity index (χ2v) is 5.05. The molecule has 0 aliphatic carbocycles. The average Bonchev–Trinajstić information content (AvgIpc) is 2.71. The molecule has 0 aliphatic heterocycles. The van der Waals surface area contributed by atoms with Gasteiger partial charge in [-0.15, -0.1) is 0 Å². The van der Waals surface area contributed by atoms with Crippen LogP contribution in [-0.4, -0.2) is 9.55 Å². The fraction of sp³-hybridized carbons (Fsp3) is 0.133. The fourth-order valence-electron chi connectivity index (χ4n) is 2.25. The van der Waals surface area contributed by atoms with E-state index in [0.717, 1.165) is 22.2 Å². The maximum Gasteiger partial charge on any atom is 0.326 e. The lowest BCUT2D eigenvalue weighted by molar-refractivity contribution is 0.787. The molecule has 0 aliphatic rings. The normalized spacial score (nSPS) is 11.1. The molecule has 0 saturated heterocycles. The van der Waals surface area contributed by atoms with Crippen LogP contribution in [0.2, 0.25) is 5.02 Å². The first-order chi connectivity index (χ1) is 9.15. The predicted molar refractivity (Wildman–Crippen MR) is 77.8 cm³/mol. The average molecular weight is 273 g/mol. The molecule has 3 aromatic rings. The Morgan fingerprint density at radius 1 is 1.16 bits per heavy atom. The van der Waals surface area contributed by atoms with Gasteiger partial charge in [0.05, 0.1) is 17.6 Å². The lowest BCUT2D eigenvalue weighted by Gasteiger charge is -2.04. The minimum absolute atomic E-state index is 0.0840. The van der Waals surface area contributed by atoms with Crippen molar-refractivity contribution >= 4 is 22.6 Å². The van der Waals surface area contributed by atoms with Crippen molar-refractivity contribution in [2.45, 2.75) is 13.5 Å². The number of aryl methyl sites for hydroxylation is 1. The van der Waals surface area contributed by atoms with Crippen LogP contribution in [0.4, 0.5) is 0 Å². The van der Waals surface area contributed by atoms with Gasteiger partial charge in [-0.05, 0) is 36.2 Å². The number of H-pyrrole nitrogens is 1. The van der Waals surface area contributed by atoms with Crippen molar-refractivity contribution in [3.8, 4) is 0 Å². The molecule has 0 amide bonds. The Kier molecular flexibility index (Phi) is 2.91. The number of nitrogens with zero attached hydrogens (tertiary/aromatic N) is 1. The third kappa shape index (κ3) is 2.17. The number of aromatic amines is 1. The second-order valence-electron chi connectivity index (χ2n) is 4.61. The first kappa shape index (κ1) is 12.1. The number of fused-ring (bicyclic) bond motifs is 1. The number of hydrogen-bond donors (Lipinski definition) is 1. The highest BCUT2D eigenvalue weighted by Crippen LogP contribution is 2.16. The van der Waals surface area contributed by atoms with E-state index in [-0.39, 0.29) is 5.69 Å². The number of para-hydroxylation sites is 1. The first-order valence-electron chi connectivity index (χ1n) is 6.08. The Hall–Kier alpha value is -2.00. The summed E-state index contributed by atoms with van der Waals surface area (Å²) < 4.78 is 1.74. The second kappa shape index (κ2) is 4.59. The van der Waals surface area contributed by atoms with Crippen molar-refractivity contribution in [3.05, 3.63) is 69.1 Å². The van der Waals surface area contributed by atoms with Gasteiger partial charge in [-0.25, -0.2) is 4.79 Å². The number of halogens is 1. The summed E-state index contributed by atoms with van der Waals surface area (Å²) in [6.07, 6.45) is 0. The van der Waals surface area contributed by atoms with Gasteiger partial charge in [0.25, 0.3) is 0 Å². The first-order valence-corrected chi connectivity index (χ1v) is 6.45. The quantitative estimate of drug-likeness (QED) is 0.763. The van der Waals surface area contributed by atoms with Crippen LogP contribution < -0.4 is 5.69 Å². The van der Waals surface area contributed by atoms with Crippen LogP contribution >= 0.6 is 11.6 Å². The third-order valence-corrected chi connectivity index (χ3v) is 3.52. The van der Waals surface area contributed by atoms with Crippen molar-refractivity contribution in [2.75, 3.05) is 0 Å². The van der Waals surface area contributed by atoms with E-state index >= 15 is 0 Å². The topological polar surface area (TPSA) is 37.8 Å². The summed E-state index contributed by atoms with van der Waals surface area (Å²) in [4.78, 5) is 15.0. The number of aromatic nitrogens is 2. The van der Waals surface area contributed by atoms with Crippen LogP contribution in [0.25, 0.3) is 11.0 Å². The zero-order valence-corrected chi connectivity index (χ0v) is 11.2. The molecule has 3 rings (SSSR count). The molecule has 19 heavy (non-hydrogen) atoms. The molecule has 0 radical (unpaired) electrons. The molecule has 0 bridgehead atoms. The monoisotopic (exact) mass is 272 g/mol. The highest BCUT2D eigenvalue weighted by atomic mass is 35.5. The zero-order chi connectivity index (χ0) is 13.4. The number of rotatable bonds is 2. The van der Waals surface area contributed by atoms with E-state index in [9.17, 15) is 4.79 Å². The van der Waals surface area contributed by atoms with Gasteiger partial charge < -0.3 is 4.98 Å². The van der Waals surface area contributed by atoms with E-state index in [1.54, 1.807) is 4.57 Å². The lowest BCUT2D eigenvalue weighted by atomic mass is 10.2. The summed E-state index contributed by atoms with van der Waals surface area (Å²) in [6, 6.07) is 13.4. The zero-order valence-electron chi connectivity index (χ0n) is 10.5. The van der Waals surface area contributed by atoms with Crippen LogP contribution in [0.5, 0.6) is 0 Å². The van der Waals surface area contributed by atoms with Gasteiger partial charge >= 0.3 is 5.69 Å². The largest absolute Gasteiger partial charge is 0.326 e. The third-order valence-electron chi connectivity index (χ3n) is 3.27. The molecule has 2 aromatic carbocycles. The molecule has 0 atom stereocenters. The van der Waals surface area contributed by atoms with Gasteiger partial charge in [-0.2, -0.15) is 0 Å². The predicted octanol–water partition coefficient (Wildman–Crippen LogP) is 3.34.